The average molecular weight is 363 g/mol. The van der Waals surface area contributed by atoms with E-state index in [0.717, 1.165) is 36.0 Å². The molecule has 0 aliphatic heterocycles. The first kappa shape index (κ1) is 16.7. The maximum atomic E-state index is 11.9. The zero-order valence-electron chi connectivity index (χ0n) is 13.9. The number of pyridine rings is 1. The maximum absolute atomic E-state index is 11.9. The van der Waals surface area contributed by atoms with Crippen LogP contribution in [0.25, 0.3) is 11.0 Å². The van der Waals surface area contributed by atoms with Crippen molar-refractivity contribution in [3.8, 4) is 0 Å². The molecule has 134 valence electrons. The van der Waals surface area contributed by atoms with Crippen molar-refractivity contribution >= 4 is 35.0 Å². The molecule has 6 rings (SSSR count). The second-order valence-electron chi connectivity index (χ2n) is 8.02. The van der Waals surface area contributed by atoms with Crippen LogP contribution in [0.3, 0.4) is 0 Å². The van der Waals surface area contributed by atoms with Gasteiger partial charge in [-0.3, -0.25) is 4.79 Å². The number of nitrogens with zero attached hydrogens (tertiary/aromatic N) is 1. The number of fused-ring (bicyclic) bond motifs is 1. The summed E-state index contributed by atoms with van der Waals surface area (Å²) in [6.45, 7) is 0. The van der Waals surface area contributed by atoms with Crippen LogP contribution in [0.15, 0.2) is 18.5 Å². The molecule has 0 aromatic carbocycles. The van der Waals surface area contributed by atoms with Gasteiger partial charge in [-0.2, -0.15) is 0 Å². The molecule has 0 radical (unpaired) electrons. The van der Waals surface area contributed by atoms with Crippen molar-refractivity contribution < 1.29 is 9.90 Å². The number of halogens is 1. The highest BCUT2D eigenvalue weighted by molar-refractivity contribution is 6.06. The third-order valence-corrected chi connectivity index (χ3v) is 6.40. The number of primary amides is 1. The molecular weight excluding hydrogens is 340 g/mol. The van der Waals surface area contributed by atoms with Crippen molar-refractivity contribution in [1.82, 2.24) is 9.97 Å². The summed E-state index contributed by atoms with van der Waals surface area (Å²) in [5, 5.41) is 15.3. The second kappa shape index (κ2) is 5.61. The van der Waals surface area contributed by atoms with E-state index < -0.39 is 11.5 Å². The van der Waals surface area contributed by atoms with Crippen LogP contribution >= 0.6 is 12.4 Å². The highest BCUT2D eigenvalue weighted by Crippen LogP contribution is 2.56. The van der Waals surface area contributed by atoms with Crippen molar-refractivity contribution in [3.63, 3.8) is 0 Å². The van der Waals surface area contributed by atoms with Gasteiger partial charge in [0.25, 0.3) is 5.91 Å². The van der Waals surface area contributed by atoms with Crippen molar-refractivity contribution in [2.75, 3.05) is 5.32 Å². The Kier molecular flexibility index (Phi) is 3.74. The summed E-state index contributed by atoms with van der Waals surface area (Å²) >= 11 is 0. The maximum Gasteiger partial charge on any atom is 0.252 e. The van der Waals surface area contributed by atoms with E-state index in [1.807, 2.05) is 12.3 Å². The minimum Gasteiger partial charge on any atom is -0.390 e. The van der Waals surface area contributed by atoms with Gasteiger partial charge in [-0.1, -0.05) is 0 Å². The van der Waals surface area contributed by atoms with Crippen LogP contribution in [-0.4, -0.2) is 32.6 Å². The predicted molar refractivity (Wildman–Crippen MR) is 97.8 cm³/mol. The number of aliphatic hydroxyl groups is 1. The molecular formula is C18H23ClN4O2. The predicted octanol–water partition coefficient (Wildman–Crippen LogP) is 2.44. The zero-order chi connectivity index (χ0) is 16.5. The largest absolute Gasteiger partial charge is 0.390 e. The molecule has 4 saturated carbocycles. The molecule has 2 atom stereocenters. The number of anilines is 1. The summed E-state index contributed by atoms with van der Waals surface area (Å²) in [7, 11) is 0. The molecule has 0 saturated heterocycles. The van der Waals surface area contributed by atoms with Gasteiger partial charge in [0.05, 0.1) is 16.9 Å². The Labute approximate surface area is 152 Å². The van der Waals surface area contributed by atoms with Crippen molar-refractivity contribution in [1.29, 1.82) is 0 Å². The number of carbonyl (C=O) groups is 1. The lowest BCUT2D eigenvalue weighted by Gasteiger charge is -2.58. The van der Waals surface area contributed by atoms with Gasteiger partial charge in [0, 0.05) is 23.8 Å². The minimum absolute atomic E-state index is 0. The normalized spacial score (nSPS) is 35.6. The number of aromatic amines is 1. The van der Waals surface area contributed by atoms with E-state index in [1.54, 1.807) is 6.20 Å². The summed E-state index contributed by atoms with van der Waals surface area (Å²) in [4.78, 5) is 19.3. The summed E-state index contributed by atoms with van der Waals surface area (Å²) in [6.07, 6.45) is 8.42. The van der Waals surface area contributed by atoms with E-state index in [9.17, 15) is 9.90 Å². The third-order valence-electron chi connectivity index (χ3n) is 6.40. The Balaban J connectivity index is 0.00000157. The second-order valence-corrected chi connectivity index (χ2v) is 8.02. The number of hydrogen-bond donors (Lipinski definition) is 4. The fourth-order valence-corrected chi connectivity index (χ4v) is 5.73. The molecule has 2 aromatic rings. The van der Waals surface area contributed by atoms with E-state index >= 15 is 0 Å². The first-order valence-corrected chi connectivity index (χ1v) is 8.77. The number of H-pyrrole nitrogens is 1. The molecule has 4 aliphatic rings. The zero-order valence-corrected chi connectivity index (χ0v) is 14.7. The van der Waals surface area contributed by atoms with Gasteiger partial charge < -0.3 is 21.1 Å². The molecule has 0 spiro atoms. The lowest BCUT2D eigenvalue weighted by Crippen LogP contribution is -2.59. The lowest BCUT2D eigenvalue weighted by molar-refractivity contribution is -0.129. The monoisotopic (exact) mass is 362 g/mol. The van der Waals surface area contributed by atoms with Gasteiger partial charge >= 0.3 is 0 Å². The number of rotatable bonds is 3. The number of hydrogen-bond acceptors (Lipinski definition) is 4. The standard InChI is InChI=1S/C18H22N4O2.ClH/c19-16(23)13-8-21-17-12(1-2-20-17)15(13)22-14-10-3-9-4-11(14)7-18(24,5-9)6-10;/h1-2,8-11,14,24H,3-7H2,(H2,19,23)(H2,20,21,22);1H. The van der Waals surface area contributed by atoms with Gasteiger partial charge in [-0.15, -0.1) is 12.4 Å². The molecule has 4 bridgehead atoms. The summed E-state index contributed by atoms with van der Waals surface area (Å²) in [5.41, 5.74) is 7.10. The minimum atomic E-state index is -0.462. The third kappa shape index (κ3) is 2.50. The summed E-state index contributed by atoms with van der Waals surface area (Å²) < 4.78 is 0. The SMILES string of the molecule is Cl.NC(=O)c1cnc2[nH]ccc2c1NC1C2CC3CC1CC(O)(C3)C2. The van der Waals surface area contributed by atoms with Crippen LogP contribution in [-0.2, 0) is 0 Å². The number of amides is 1. The van der Waals surface area contributed by atoms with E-state index in [2.05, 4.69) is 15.3 Å². The fraction of sp³-hybridized carbons (Fsp3) is 0.556. The Morgan fingerprint density at radius 2 is 2.04 bits per heavy atom. The van der Waals surface area contributed by atoms with Crippen LogP contribution in [0.5, 0.6) is 0 Å². The van der Waals surface area contributed by atoms with Gasteiger partial charge in [0.1, 0.15) is 5.65 Å². The van der Waals surface area contributed by atoms with Crippen LogP contribution in [0.2, 0.25) is 0 Å². The Morgan fingerprint density at radius 1 is 1.32 bits per heavy atom. The van der Waals surface area contributed by atoms with Gasteiger partial charge in [0.2, 0.25) is 0 Å². The van der Waals surface area contributed by atoms with Crippen molar-refractivity contribution in [3.05, 3.63) is 24.0 Å². The number of aromatic nitrogens is 2. The molecule has 2 unspecified atom stereocenters. The van der Waals surface area contributed by atoms with Crippen LogP contribution < -0.4 is 11.1 Å². The van der Waals surface area contributed by atoms with Crippen LogP contribution in [0.1, 0.15) is 42.5 Å². The molecule has 2 aromatic heterocycles. The Hall–Kier alpha value is -1.79. The molecule has 5 N–H and O–H groups in total. The smallest absolute Gasteiger partial charge is 0.252 e. The number of nitrogens with one attached hydrogen (secondary N) is 2. The highest BCUT2D eigenvalue weighted by Gasteiger charge is 2.54. The summed E-state index contributed by atoms with van der Waals surface area (Å²) in [5.74, 6) is 1.12. The van der Waals surface area contributed by atoms with Gasteiger partial charge in [-0.25, -0.2) is 4.98 Å². The van der Waals surface area contributed by atoms with Crippen molar-refractivity contribution in [2.45, 2.75) is 43.7 Å². The number of nitrogens with two attached hydrogens (primary N) is 1. The molecule has 6 nitrogen and oxygen atoms in total. The van der Waals surface area contributed by atoms with E-state index in [1.165, 1.54) is 12.8 Å². The Bertz CT molecular complexity index is 820. The molecule has 4 fully saturated rings. The lowest BCUT2D eigenvalue weighted by atomic mass is 9.52. The first-order valence-electron chi connectivity index (χ1n) is 8.77. The molecule has 2 heterocycles. The van der Waals surface area contributed by atoms with Gasteiger partial charge in [0.15, 0.2) is 0 Å². The van der Waals surface area contributed by atoms with Crippen LogP contribution in [0.4, 0.5) is 5.69 Å². The fourth-order valence-electron chi connectivity index (χ4n) is 5.73. The van der Waals surface area contributed by atoms with E-state index in [-0.39, 0.29) is 12.4 Å². The highest BCUT2D eigenvalue weighted by atomic mass is 35.5. The van der Waals surface area contributed by atoms with E-state index in [4.69, 9.17) is 5.73 Å². The quantitative estimate of drug-likeness (QED) is 0.673. The van der Waals surface area contributed by atoms with Crippen molar-refractivity contribution in [2.24, 2.45) is 23.5 Å². The molecule has 4 aliphatic carbocycles. The van der Waals surface area contributed by atoms with E-state index in [0.29, 0.717) is 29.4 Å². The van der Waals surface area contributed by atoms with Crippen LogP contribution in [0, 0.1) is 17.8 Å². The first-order chi connectivity index (χ1) is 11.5. The molecule has 1 amide bonds. The topological polar surface area (TPSA) is 104 Å². The molecule has 25 heavy (non-hydrogen) atoms. The summed E-state index contributed by atoms with van der Waals surface area (Å²) in [6, 6.07) is 2.22. The average Bonchev–Trinajstić information content (AvgIpc) is 2.97. The van der Waals surface area contributed by atoms with Gasteiger partial charge in [-0.05, 0) is 55.9 Å². The molecule has 7 heteroatoms. The number of carbonyl (C=O) groups excluding carboxylic acids is 1. The Morgan fingerprint density at radius 3 is 2.68 bits per heavy atom.